The molecule has 0 spiro atoms. The Kier molecular flexibility index (Phi) is 6.52. The number of rotatable bonds is 3. The first kappa shape index (κ1) is 30.1. The third-order valence-electron chi connectivity index (χ3n) is 10.8. The van der Waals surface area contributed by atoms with Crippen LogP contribution in [-0.4, -0.2) is 9.97 Å². The Morgan fingerprint density at radius 3 is 1.94 bits per heavy atom. The van der Waals surface area contributed by atoms with Gasteiger partial charge in [-0.1, -0.05) is 127 Å². The van der Waals surface area contributed by atoms with Crippen LogP contribution in [0.4, 0.5) is 23.0 Å². The predicted molar refractivity (Wildman–Crippen MR) is 225 cm³/mol. The van der Waals surface area contributed by atoms with Crippen molar-refractivity contribution in [2.24, 2.45) is 0 Å². The summed E-state index contributed by atoms with van der Waals surface area (Å²) in [7, 11) is 0. The van der Waals surface area contributed by atoms with Gasteiger partial charge in [0.1, 0.15) is 0 Å². The molecule has 0 unspecified atom stereocenters. The number of hydrogen-bond donors (Lipinski definition) is 0. The quantitative estimate of drug-likeness (QED) is 0.184. The van der Waals surface area contributed by atoms with E-state index in [0.29, 0.717) is 5.95 Å². The van der Waals surface area contributed by atoms with Gasteiger partial charge in [-0.2, -0.15) is 0 Å². The third kappa shape index (κ3) is 4.35. The summed E-state index contributed by atoms with van der Waals surface area (Å²) in [5.41, 5.74) is 11.0. The lowest BCUT2D eigenvalue weighted by molar-refractivity contribution is 0.933. The SMILES string of the molecule is Cc1cccc(C)c1-c1nc(N2c3c(c4ccccc4c4c3sc3ccccc34)-c3c(ccc4ccccc34)N2c2ccccc2)nc2ccccc12. The van der Waals surface area contributed by atoms with Gasteiger partial charge in [0, 0.05) is 37.5 Å². The molecule has 8 aromatic carbocycles. The summed E-state index contributed by atoms with van der Waals surface area (Å²) in [6.07, 6.45) is 0. The van der Waals surface area contributed by atoms with Crippen LogP contribution in [0.1, 0.15) is 11.1 Å². The number of thiophene rings is 1. The topological polar surface area (TPSA) is 32.3 Å². The van der Waals surface area contributed by atoms with Gasteiger partial charge in [-0.25, -0.2) is 20.0 Å². The molecule has 2 aromatic heterocycles. The number of benzene rings is 8. The van der Waals surface area contributed by atoms with Crippen LogP contribution in [-0.2, 0) is 0 Å². The minimum Gasteiger partial charge on any atom is -0.246 e. The molecule has 1 aliphatic rings. The van der Waals surface area contributed by atoms with Crippen molar-refractivity contribution in [3.05, 3.63) is 169 Å². The van der Waals surface area contributed by atoms with Crippen LogP contribution in [0.15, 0.2) is 158 Å². The van der Waals surface area contributed by atoms with Gasteiger partial charge in [0.05, 0.1) is 33.0 Å². The standard InChI is InChI=1S/C48H32N4S/c1-29-15-14-16-30(2)41(29)45-36-23-10-12-25-38(36)49-48(50-45)52-46-44(35-22-9-8-21-34(35)42-37-24-11-13-26-40(37)53-47(42)46)43-33-20-7-6-17-31(33)27-28-39(43)51(52)32-18-4-3-5-19-32/h3-28H,1-2H3. The maximum absolute atomic E-state index is 5.64. The highest BCUT2D eigenvalue weighted by Gasteiger charge is 2.38. The number of anilines is 4. The lowest BCUT2D eigenvalue weighted by Gasteiger charge is -2.43. The monoisotopic (exact) mass is 696 g/mol. The van der Waals surface area contributed by atoms with E-state index in [1.807, 2.05) is 11.3 Å². The maximum atomic E-state index is 5.64. The van der Waals surface area contributed by atoms with Crippen molar-refractivity contribution in [1.29, 1.82) is 0 Å². The van der Waals surface area contributed by atoms with E-state index in [0.717, 1.165) is 39.2 Å². The molecule has 53 heavy (non-hydrogen) atoms. The van der Waals surface area contributed by atoms with E-state index >= 15 is 0 Å². The first-order valence-corrected chi connectivity index (χ1v) is 18.8. The normalized spacial score (nSPS) is 12.6. The molecule has 0 saturated heterocycles. The Balaban J connectivity index is 1.37. The molecule has 10 aromatic rings. The molecule has 5 heteroatoms. The average Bonchev–Trinajstić information content (AvgIpc) is 3.60. The predicted octanol–water partition coefficient (Wildman–Crippen LogP) is 13.5. The minimum absolute atomic E-state index is 0.624. The van der Waals surface area contributed by atoms with Crippen LogP contribution in [0.25, 0.3) is 75.0 Å². The van der Waals surface area contributed by atoms with Gasteiger partial charge in [-0.05, 0) is 76.9 Å². The smallest absolute Gasteiger partial charge is 0.246 e. The summed E-state index contributed by atoms with van der Waals surface area (Å²) in [6, 6.07) is 56.7. The van der Waals surface area contributed by atoms with Crippen molar-refractivity contribution in [3.8, 4) is 22.4 Å². The highest BCUT2D eigenvalue weighted by Crippen LogP contribution is 2.59. The Morgan fingerprint density at radius 1 is 0.472 bits per heavy atom. The highest BCUT2D eigenvalue weighted by atomic mass is 32.1. The Hall–Kier alpha value is -6.56. The summed E-state index contributed by atoms with van der Waals surface area (Å²) in [6.45, 7) is 4.36. The molecule has 0 fully saturated rings. The van der Waals surface area contributed by atoms with E-state index in [9.17, 15) is 0 Å². The van der Waals surface area contributed by atoms with Crippen molar-refractivity contribution in [2.75, 3.05) is 10.0 Å². The largest absolute Gasteiger partial charge is 0.251 e. The first-order chi connectivity index (χ1) is 26.2. The summed E-state index contributed by atoms with van der Waals surface area (Å²) in [4.78, 5) is 11.1. The van der Waals surface area contributed by atoms with Crippen molar-refractivity contribution in [1.82, 2.24) is 9.97 Å². The van der Waals surface area contributed by atoms with Gasteiger partial charge in [0.15, 0.2) is 0 Å². The van der Waals surface area contributed by atoms with E-state index in [1.54, 1.807) is 0 Å². The zero-order valence-corrected chi connectivity index (χ0v) is 30.0. The fourth-order valence-corrected chi connectivity index (χ4v) is 9.81. The van der Waals surface area contributed by atoms with Crippen molar-refractivity contribution in [3.63, 3.8) is 0 Å². The van der Waals surface area contributed by atoms with Crippen LogP contribution in [0.2, 0.25) is 0 Å². The summed E-state index contributed by atoms with van der Waals surface area (Å²) < 4.78 is 2.47. The van der Waals surface area contributed by atoms with Crippen molar-refractivity contribution in [2.45, 2.75) is 13.8 Å². The molecule has 250 valence electrons. The second kappa shape index (κ2) is 11.5. The molecule has 3 heterocycles. The van der Waals surface area contributed by atoms with E-state index in [1.165, 1.54) is 64.0 Å². The lowest BCUT2D eigenvalue weighted by Crippen LogP contribution is -2.40. The van der Waals surface area contributed by atoms with Crippen LogP contribution in [0, 0.1) is 13.8 Å². The molecule has 11 rings (SSSR count). The van der Waals surface area contributed by atoms with Crippen LogP contribution in [0.5, 0.6) is 0 Å². The van der Waals surface area contributed by atoms with E-state index in [-0.39, 0.29) is 0 Å². The van der Waals surface area contributed by atoms with Gasteiger partial charge in [0.2, 0.25) is 0 Å². The number of hydrogen-bond acceptors (Lipinski definition) is 5. The summed E-state index contributed by atoms with van der Waals surface area (Å²) in [5, 5.41) is 13.1. The van der Waals surface area contributed by atoms with Gasteiger partial charge in [0.25, 0.3) is 5.95 Å². The third-order valence-corrected chi connectivity index (χ3v) is 12.0. The molecule has 4 nitrogen and oxygen atoms in total. The van der Waals surface area contributed by atoms with Crippen LogP contribution < -0.4 is 10.0 Å². The summed E-state index contributed by atoms with van der Waals surface area (Å²) >= 11 is 1.85. The molecule has 0 amide bonds. The fraction of sp³-hybridized carbons (Fsp3) is 0.0417. The van der Waals surface area contributed by atoms with Crippen molar-refractivity contribution < 1.29 is 0 Å². The lowest BCUT2D eigenvalue weighted by atomic mass is 9.87. The number of fused-ring (bicyclic) bond motifs is 13. The first-order valence-electron chi connectivity index (χ1n) is 18.0. The number of nitrogens with zero attached hydrogens (tertiary/aromatic N) is 4. The second-order valence-electron chi connectivity index (χ2n) is 13.9. The van der Waals surface area contributed by atoms with Crippen LogP contribution >= 0.6 is 11.3 Å². The fourth-order valence-electron chi connectivity index (χ4n) is 8.55. The van der Waals surface area contributed by atoms with Gasteiger partial charge < -0.3 is 0 Å². The Bertz CT molecular complexity index is 3090. The van der Waals surface area contributed by atoms with E-state index in [2.05, 4.69) is 182 Å². The molecule has 0 atom stereocenters. The Labute approximate surface area is 310 Å². The molecule has 1 aliphatic heterocycles. The zero-order chi connectivity index (χ0) is 35.2. The van der Waals surface area contributed by atoms with E-state index in [4.69, 9.17) is 9.97 Å². The highest BCUT2D eigenvalue weighted by molar-refractivity contribution is 7.26. The summed E-state index contributed by atoms with van der Waals surface area (Å²) in [5.74, 6) is 0.624. The number of para-hydroxylation sites is 2. The molecule has 0 N–H and O–H groups in total. The Morgan fingerprint density at radius 2 is 1.13 bits per heavy atom. The molecule has 0 bridgehead atoms. The van der Waals surface area contributed by atoms with Crippen molar-refractivity contribution >= 4 is 87.0 Å². The van der Waals surface area contributed by atoms with Gasteiger partial charge in [-0.3, -0.25) is 0 Å². The molecular formula is C48H32N4S. The second-order valence-corrected chi connectivity index (χ2v) is 14.9. The molecule has 0 radical (unpaired) electrons. The number of hydrazine groups is 1. The van der Waals surface area contributed by atoms with Gasteiger partial charge in [-0.15, -0.1) is 11.3 Å². The van der Waals surface area contributed by atoms with Gasteiger partial charge >= 0.3 is 0 Å². The molecular weight excluding hydrogens is 665 g/mol. The molecule has 0 saturated carbocycles. The average molecular weight is 697 g/mol. The maximum Gasteiger partial charge on any atom is 0.251 e. The minimum atomic E-state index is 0.624. The number of aryl methyl sites for hydroxylation is 2. The molecule has 0 aliphatic carbocycles. The van der Waals surface area contributed by atoms with E-state index < -0.39 is 0 Å². The number of aromatic nitrogens is 2. The zero-order valence-electron chi connectivity index (χ0n) is 29.2. The van der Waals surface area contributed by atoms with Crippen LogP contribution in [0.3, 0.4) is 0 Å².